The van der Waals surface area contributed by atoms with Crippen LogP contribution in [0.5, 0.6) is 0 Å². The van der Waals surface area contributed by atoms with Gasteiger partial charge < -0.3 is 9.40 Å². The summed E-state index contributed by atoms with van der Waals surface area (Å²) in [5.41, 5.74) is -0.483. The Balaban J connectivity index is 2.21. The molecule has 1 aliphatic heterocycles. The molecule has 0 spiro atoms. The van der Waals surface area contributed by atoms with Crippen molar-refractivity contribution in [2.45, 2.75) is 0 Å². The summed E-state index contributed by atoms with van der Waals surface area (Å²) in [7, 11) is 0. The molecule has 0 bridgehead atoms. The number of benzene rings is 2. The molecule has 0 atom stereocenters. The smallest absolute Gasteiger partial charge is 0.332 e. The molecule has 0 saturated heterocycles. The molecule has 2 aliphatic rings. The van der Waals surface area contributed by atoms with Crippen molar-refractivity contribution in [2.24, 2.45) is 5.18 Å². The average molecular weight is 321 g/mol. The number of amides is 1. The van der Waals surface area contributed by atoms with Crippen LogP contribution >= 0.6 is 0 Å². The number of fused-ring (bicyclic) bond motifs is 4. The summed E-state index contributed by atoms with van der Waals surface area (Å²) in [6.45, 7) is 0. The topological polar surface area (TPSA) is 122 Å². The number of nitrogens with zero attached hydrogens (tertiary/aromatic N) is 2. The first-order chi connectivity index (χ1) is 11.6. The van der Waals surface area contributed by atoms with E-state index in [1.54, 1.807) is 24.3 Å². The van der Waals surface area contributed by atoms with E-state index < -0.39 is 16.8 Å². The molecule has 24 heavy (non-hydrogen) atoms. The van der Waals surface area contributed by atoms with Crippen LogP contribution in [-0.4, -0.2) is 15.9 Å². The molecule has 0 unspecified atom stereocenters. The molecule has 2 heterocycles. The highest BCUT2D eigenvalue weighted by Gasteiger charge is 2.20. The Hall–Kier alpha value is -3.68. The maximum absolute atomic E-state index is 12.4. The fraction of sp³-hybridized carbons (Fsp3) is 0. The fourth-order valence-corrected chi connectivity index (χ4v) is 2.59. The van der Waals surface area contributed by atoms with Crippen LogP contribution in [0.3, 0.4) is 0 Å². The lowest BCUT2D eigenvalue weighted by Crippen LogP contribution is -2.16. The van der Waals surface area contributed by atoms with Crippen LogP contribution in [0.15, 0.2) is 55.6 Å². The van der Waals surface area contributed by atoms with Crippen molar-refractivity contribution in [1.82, 2.24) is 9.97 Å². The van der Waals surface area contributed by atoms with Gasteiger partial charge in [0.1, 0.15) is 22.4 Å². The molecule has 4 rings (SSSR count). The van der Waals surface area contributed by atoms with E-state index >= 15 is 0 Å². The number of hydrogen-bond acceptors (Lipinski definition) is 6. The van der Waals surface area contributed by atoms with Crippen molar-refractivity contribution < 1.29 is 9.21 Å². The van der Waals surface area contributed by atoms with E-state index in [0.29, 0.717) is 11.1 Å². The molecule has 116 valence electrons. The van der Waals surface area contributed by atoms with Crippen LogP contribution in [-0.2, 0) is 0 Å². The van der Waals surface area contributed by atoms with E-state index in [-0.39, 0.29) is 28.1 Å². The lowest BCUT2D eigenvalue weighted by Gasteiger charge is -2.09. The van der Waals surface area contributed by atoms with Crippen molar-refractivity contribution in [3.63, 3.8) is 0 Å². The highest BCUT2D eigenvalue weighted by Crippen LogP contribution is 2.27. The summed E-state index contributed by atoms with van der Waals surface area (Å²) in [6, 6.07) is 9.01. The van der Waals surface area contributed by atoms with Crippen LogP contribution in [0, 0.1) is 4.91 Å². The molecule has 8 nitrogen and oxygen atoms in total. The minimum absolute atomic E-state index is 0.00514. The molecule has 1 aliphatic carbocycles. The Morgan fingerprint density at radius 1 is 1.12 bits per heavy atom. The largest absolute Gasteiger partial charge is 0.453 e. The number of hydrogen-bond donors (Lipinski definition) is 1. The molecule has 1 amide bonds. The first-order valence-corrected chi connectivity index (χ1v) is 6.86. The minimum Gasteiger partial charge on any atom is -0.453 e. The quantitative estimate of drug-likeness (QED) is 0.325. The van der Waals surface area contributed by atoms with E-state index in [2.05, 4.69) is 15.1 Å². The summed E-state index contributed by atoms with van der Waals surface area (Å²) < 4.78 is 5.64. The number of aromatic nitrogens is 2. The van der Waals surface area contributed by atoms with Crippen molar-refractivity contribution in [1.29, 1.82) is 0 Å². The number of nitroso groups, excluding NO2 is 1. The number of pyridine rings is 1. The van der Waals surface area contributed by atoms with E-state index in [0.717, 1.165) is 6.07 Å². The number of nitrogens with one attached hydrogen (secondary N) is 1. The lowest BCUT2D eigenvalue weighted by atomic mass is 10.1. The van der Waals surface area contributed by atoms with Crippen molar-refractivity contribution in [3.8, 4) is 11.5 Å². The molecular formula is C16H7N3O5. The Labute approximate surface area is 132 Å². The Kier molecular flexibility index (Phi) is 2.86. The van der Waals surface area contributed by atoms with E-state index in [1.165, 1.54) is 6.07 Å². The van der Waals surface area contributed by atoms with Gasteiger partial charge in [-0.3, -0.25) is 14.4 Å². The van der Waals surface area contributed by atoms with Gasteiger partial charge in [0.15, 0.2) is 16.8 Å². The van der Waals surface area contributed by atoms with E-state index in [1.807, 2.05) is 0 Å². The van der Waals surface area contributed by atoms with Gasteiger partial charge in [-0.25, -0.2) is 4.98 Å². The lowest BCUT2D eigenvalue weighted by molar-refractivity contribution is 0.0996. The van der Waals surface area contributed by atoms with Crippen molar-refractivity contribution in [2.75, 3.05) is 0 Å². The zero-order valence-corrected chi connectivity index (χ0v) is 11.9. The van der Waals surface area contributed by atoms with Gasteiger partial charge in [0.2, 0.25) is 5.43 Å². The Morgan fingerprint density at radius 2 is 1.92 bits per heavy atom. The molecular weight excluding hydrogens is 314 g/mol. The molecule has 1 aromatic carbocycles. The third kappa shape index (κ3) is 1.93. The standard InChI is InChI=1S/C16H7N3O5/c20-9-5-8(16(22)19-23)18-14-10(21)6-12-15(13(9)14)17-7-3-1-2-4-11(7)24-12/h1-6H,(H,18,20). The van der Waals surface area contributed by atoms with Crippen molar-refractivity contribution >= 4 is 27.9 Å². The van der Waals surface area contributed by atoms with E-state index in [4.69, 9.17) is 4.42 Å². The monoisotopic (exact) mass is 321 g/mol. The summed E-state index contributed by atoms with van der Waals surface area (Å²) >= 11 is 0. The van der Waals surface area contributed by atoms with Gasteiger partial charge in [-0.15, -0.1) is 4.91 Å². The fourth-order valence-electron chi connectivity index (χ4n) is 2.59. The highest BCUT2D eigenvalue weighted by molar-refractivity contribution is 5.99. The molecule has 0 fully saturated rings. The molecule has 0 saturated carbocycles. The first-order valence-electron chi connectivity index (χ1n) is 6.86. The zero-order valence-electron chi connectivity index (χ0n) is 11.9. The molecule has 2 aromatic rings. The molecule has 1 aromatic heterocycles. The molecule has 8 heteroatoms. The Bertz CT molecular complexity index is 1240. The summed E-state index contributed by atoms with van der Waals surface area (Å²) in [6.07, 6.45) is 0. The molecule has 0 radical (unpaired) electrons. The SMILES string of the molecule is O=NC(=O)c1cc(=O)c2c3nc4ccccc4oc-3cc(=O)c2[nH]1. The third-order valence-electron chi connectivity index (χ3n) is 3.64. The van der Waals surface area contributed by atoms with Gasteiger partial charge in [-0.1, -0.05) is 12.1 Å². The summed E-state index contributed by atoms with van der Waals surface area (Å²) in [4.78, 5) is 53.3. The number of rotatable bonds is 1. The number of aromatic amines is 1. The van der Waals surface area contributed by atoms with Gasteiger partial charge in [-0.05, 0) is 12.1 Å². The number of para-hydroxylation sites is 2. The second-order valence-electron chi connectivity index (χ2n) is 5.10. The number of carbonyl (C=O) groups excluding carboxylic acids is 1. The van der Waals surface area contributed by atoms with Gasteiger partial charge in [0.05, 0.1) is 5.39 Å². The van der Waals surface area contributed by atoms with Crippen LogP contribution in [0.4, 0.5) is 0 Å². The second kappa shape index (κ2) is 4.92. The summed E-state index contributed by atoms with van der Waals surface area (Å²) in [5.74, 6) is -1.01. The maximum atomic E-state index is 12.4. The Morgan fingerprint density at radius 3 is 2.71 bits per heavy atom. The number of carbonyl (C=O) groups is 1. The van der Waals surface area contributed by atoms with Gasteiger partial charge >= 0.3 is 5.91 Å². The van der Waals surface area contributed by atoms with Crippen LogP contribution in [0.1, 0.15) is 10.5 Å². The highest BCUT2D eigenvalue weighted by atomic mass is 16.3. The summed E-state index contributed by atoms with van der Waals surface area (Å²) in [5, 5.41) is 2.24. The van der Waals surface area contributed by atoms with Crippen LogP contribution in [0.2, 0.25) is 0 Å². The predicted octanol–water partition coefficient (Wildman–Crippen LogP) is 2.04. The average Bonchev–Trinajstić information content (AvgIpc) is 2.59. The van der Waals surface area contributed by atoms with E-state index in [9.17, 15) is 19.3 Å². The van der Waals surface area contributed by atoms with Gasteiger partial charge in [0.25, 0.3) is 0 Å². The van der Waals surface area contributed by atoms with Gasteiger partial charge in [0, 0.05) is 17.3 Å². The first kappa shape index (κ1) is 13.9. The third-order valence-corrected chi connectivity index (χ3v) is 3.64. The van der Waals surface area contributed by atoms with Crippen molar-refractivity contribution in [3.05, 3.63) is 67.4 Å². The van der Waals surface area contributed by atoms with Crippen LogP contribution in [0.25, 0.3) is 33.5 Å². The maximum Gasteiger partial charge on any atom is 0.332 e. The zero-order chi connectivity index (χ0) is 16.8. The normalized spacial score (nSPS) is 11.2. The predicted molar refractivity (Wildman–Crippen MR) is 85.2 cm³/mol. The van der Waals surface area contributed by atoms with Gasteiger partial charge in [-0.2, -0.15) is 0 Å². The van der Waals surface area contributed by atoms with Crippen LogP contribution < -0.4 is 10.9 Å². The number of H-pyrrole nitrogens is 1. The second-order valence-corrected chi connectivity index (χ2v) is 5.10. The minimum atomic E-state index is -1.16. The molecule has 1 N–H and O–H groups in total.